The number of nitrogens with zero attached hydrogens (tertiary/aromatic N) is 2. The lowest BCUT2D eigenvalue weighted by molar-refractivity contribution is -0.136. The first kappa shape index (κ1) is 24.1. The van der Waals surface area contributed by atoms with E-state index >= 15 is 0 Å². The van der Waals surface area contributed by atoms with E-state index in [2.05, 4.69) is 15.5 Å². The highest BCUT2D eigenvalue weighted by Crippen LogP contribution is 2.34. The molecule has 2 aliphatic rings. The first-order valence-corrected chi connectivity index (χ1v) is 11.1. The monoisotopic (exact) mass is 484 g/mol. The predicted octanol–water partition coefficient (Wildman–Crippen LogP) is 1.54. The molecule has 1 aromatic carbocycles. The summed E-state index contributed by atoms with van der Waals surface area (Å²) in [6.07, 6.45) is 1.47. The molecule has 1 saturated heterocycles. The number of carbonyl (C=O) groups excluding carboxylic acids is 3. The lowest BCUT2D eigenvalue weighted by Crippen LogP contribution is -2.52. The molecule has 3 amide bonds. The second-order valence-electron chi connectivity index (χ2n) is 8.08. The van der Waals surface area contributed by atoms with Crippen molar-refractivity contribution in [1.82, 2.24) is 20.4 Å². The summed E-state index contributed by atoms with van der Waals surface area (Å²) in [5.41, 5.74) is 1.39. The van der Waals surface area contributed by atoms with Gasteiger partial charge in [-0.25, -0.2) is 9.59 Å². The largest absolute Gasteiger partial charge is 0.493 e. The van der Waals surface area contributed by atoms with Crippen LogP contribution in [0, 0.1) is 0 Å². The number of rotatable bonds is 7. The Labute approximate surface area is 202 Å². The zero-order chi connectivity index (χ0) is 24.9. The third-order valence-corrected chi connectivity index (χ3v) is 6.07. The Bertz CT molecular complexity index is 1120. The quantitative estimate of drug-likeness (QED) is 0.568. The van der Waals surface area contributed by atoms with Gasteiger partial charge in [0, 0.05) is 38.4 Å². The van der Waals surface area contributed by atoms with Gasteiger partial charge in [0.25, 0.3) is 5.91 Å². The highest BCUT2D eigenvalue weighted by Gasteiger charge is 2.35. The van der Waals surface area contributed by atoms with Crippen molar-refractivity contribution in [2.75, 3.05) is 54.1 Å². The number of esters is 1. The molecule has 2 N–H and O–H groups in total. The summed E-state index contributed by atoms with van der Waals surface area (Å²) >= 11 is 0. The smallest absolute Gasteiger partial charge is 0.338 e. The van der Waals surface area contributed by atoms with Crippen molar-refractivity contribution in [2.24, 2.45) is 0 Å². The van der Waals surface area contributed by atoms with Gasteiger partial charge in [-0.15, -0.1) is 0 Å². The molecule has 3 heterocycles. The minimum absolute atomic E-state index is 0.159. The number of urea groups is 1. The van der Waals surface area contributed by atoms with Crippen LogP contribution in [0.1, 0.15) is 22.2 Å². The van der Waals surface area contributed by atoms with Crippen molar-refractivity contribution < 1.29 is 33.0 Å². The zero-order valence-electron chi connectivity index (χ0n) is 19.8. The third kappa shape index (κ3) is 5.09. The molecule has 1 aromatic heterocycles. The van der Waals surface area contributed by atoms with Crippen LogP contribution in [0.5, 0.6) is 11.5 Å². The van der Waals surface area contributed by atoms with Crippen molar-refractivity contribution in [2.45, 2.75) is 6.04 Å². The van der Waals surface area contributed by atoms with E-state index in [1.165, 1.54) is 27.6 Å². The van der Waals surface area contributed by atoms with Gasteiger partial charge in [0.05, 0.1) is 39.2 Å². The van der Waals surface area contributed by atoms with Crippen LogP contribution in [0.4, 0.5) is 4.79 Å². The topological polar surface area (TPSA) is 123 Å². The fourth-order valence-electron chi connectivity index (χ4n) is 4.26. The third-order valence-electron chi connectivity index (χ3n) is 6.07. The van der Waals surface area contributed by atoms with Crippen LogP contribution < -0.4 is 20.1 Å². The van der Waals surface area contributed by atoms with Gasteiger partial charge in [-0.3, -0.25) is 9.69 Å². The Hall–Kier alpha value is -3.99. The average Bonchev–Trinajstić information content (AvgIpc) is 3.42. The lowest BCUT2D eigenvalue weighted by atomic mass is 9.94. The summed E-state index contributed by atoms with van der Waals surface area (Å²) in [5.74, 6) is 0.590. The molecule has 1 unspecified atom stereocenters. The summed E-state index contributed by atoms with van der Waals surface area (Å²) < 4.78 is 21.0. The molecule has 0 bridgehead atoms. The summed E-state index contributed by atoms with van der Waals surface area (Å²) in [4.78, 5) is 41.7. The number of hydrogen-bond donors (Lipinski definition) is 2. The first-order valence-electron chi connectivity index (χ1n) is 11.1. The maximum absolute atomic E-state index is 12.9. The van der Waals surface area contributed by atoms with E-state index in [1.54, 1.807) is 35.2 Å². The number of ether oxygens (including phenoxy) is 3. The van der Waals surface area contributed by atoms with E-state index in [4.69, 9.17) is 18.6 Å². The number of furan rings is 1. The van der Waals surface area contributed by atoms with Crippen LogP contribution in [0.2, 0.25) is 0 Å². The van der Waals surface area contributed by atoms with Crippen LogP contribution in [0.15, 0.2) is 52.3 Å². The molecule has 186 valence electrons. The minimum Gasteiger partial charge on any atom is -0.493 e. The minimum atomic E-state index is -0.743. The van der Waals surface area contributed by atoms with Gasteiger partial charge in [0.15, 0.2) is 17.3 Å². The molecule has 0 spiro atoms. The van der Waals surface area contributed by atoms with Crippen LogP contribution in [-0.4, -0.2) is 81.8 Å². The van der Waals surface area contributed by atoms with Crippen molar-refractivity contribution in [3.8, 4) is 11.5 Å². The van der Waals surface area contributed by atoms with Crippen LogP contribution in [0.3, 0.4) is 0 Å². The first-order chi connectivity index (χ1) is 16.9. The highest BCUT2D eigenvalue weighted by atomic mass is 16.5. The van der Waals surface area contributed by atoms with Gasteiger partial charge in [-0.1, -0.05) is 6.07 Å². The number of hydrogen-bond acceptors (Lipinski definition) is 8. The maximum atomic E-state index is 12.9. The normalized spacial score (nSPS) is 18.5. The van der Waals surface area contributed by atoms with Gasteiger partial charge in [-0.2, -0.15) is 0 Å². The second kappa shape index (κ2) is 10.5. The number of amides is 3. The average molecular weight is 485 g/mol. The molecule has 1 atom stereocenters. The molecule has 2 aliphatic heterocycles. The van der Waals surface area contributed by atoms with E-state index in [0.29, 0.717) is 66.8 Å². The van der Waals surface area contributed by atoms with Gasteiger partial charge in [0.2, 0.25) is 0 Å². The fourth-order valence-corrected chi connectivity index (χ4v) is 4.26. The fraction of sp³-hybridized carbons (Fsp3) is 0.375. The van der Waals surface area contributed by atoms with Crippen molar-refractivity contribution >= 4 is 17.9 Å². The summed E-state index contributed by atoms with van der Waals surface area (Å²) in [6, 6.07) is 7.34. The molecule has 35 heavy (non-hydrogen) atoms. The molecule has 11 nitrogen and oxygen atoms in total. The molecule has 0 radical (unpaired) electrons. The molecule has 2 aromatic rings. The van der Waals surface area contributed by atoms with E-state index in [0.717, 1.165) is 0 Å². The number of nitrogens with one attached hydrogen (secondary N) is 2. The molecular weight excluding hydrogens is 456 g/mol. The van der Waals surface area contributed by atoms with Crippen molar-refractivity contribution in [3.05, 3.63) is 59.2 Å². The van der Waals surface area contributed by atoms with Gasteiger partial charge < -0.3 is 34.2 Å². The van der Waals surface area contributed by atoms with Crippen LogP contribution in [0.25, 0.3) is 0 Å². The van der Waals surface area contributed by atoms with Gasteiger partial charge in [0.1, 0.15) is 0 Å². The second-order valence-corrected chi connectivity index (χ2v) is 8.08. The molecule has 1 fully saturated rings. The summed E-state index contributed by atoms with van der Waals surface area (Å²) in [6.45, 7) is 2.42. The standard InChI is InChI=1S/C24H28N4O7/c1-32-17-7-6-15(13-19(17)33-2)21-20(23(30)34-3)16(25-24(31)26-21)14-27-8-10-28(11-9-27)22(29)18-5-4-12-35-18/h4-7,12-13,21H,8-11,14H2,1-3H3,(H2,25,26,31). The number of methoxy groups -OCH3 is 3. The van der Waals surface area contributed by atoms with Gasteiger partial charge in [-0.05, 0) is 29.8 Å². The number of carbonyl (C=O) groups is 3. The van der Waals surface area contributed by atoms with E-state index in [9.17, 15) is 14.4 Å². The summed E-state index contributed by atoms with van der Waals surface area (Å²) in [7, 11) is 4.35. The summed E-state index contributed by atoms with van der Waals surface area (Å²) in [5, 5.41) is 5.58. The molecule has 0 saturated carbocycles. The van der Waals surface area contributed by atoms with Gasteiger partial charge >= 0.3 is 12.0 Å². The zero-order valence-corrected chi connectivity index (χ0v) is 19.8. The Morgan fingerprint density at radius 3 is 2.43 bits per heavy atom. The maximum Gasteiger partial charge on any atom is 0.338 e. The molecular formula is C24H28N4O7. The highest BCUT2D eigenvalue weighted by molar-refractivity contribution is 5.95. The predicted molar refractivity (Wildman–Crippen MR) is 124 cm³/mol. The number of benzene rings is 1. The molecule has 11 heteroatoms. The van der Waals surface area contributed by atoms with E-state index < -0.39 is 18.0 Å². The van der Waals surface area contributed by atoms with Crippen LogP contribution >= 0.6 is 0 Å². The Balaban J connectivity index is 1.56. The van der Waals surface area contributed by atoms with Crippen LogP contribution in [-0.2, 0) is 9.53 Å². The Morgan fingerprint density at radius 2 is 1.80 bits per heavy atom. The Kier molecular flexibility index (Phi) is 7.25. The molecule has 0 aliphatic carbocycles. The lowest BCUT2D eigenvalue weighted by Gasteiger charge is -2.36. The van der Waals surface area contributed by atoms with E-state index in [1.807, 2.05) is 0 Å². The molecule has 4 rings (SSSR count). The Morgan fingerprint density at radius 1 is 1.06 bits per heavy atom. The van der Waals surface area contributed by atoms with E-state index in [-0.39, 0.29) is 5.91 Å². The SMILES string of the molecule is COC(=O)C1=C(CN2CCN(C(=O)c3ccco3)CC2)NC(=O)NC1c1ccc(OC)c(OC)c1. The van der Waals surface area contributed by atoms with Crippen molar-refractivity contribution in [3.63, 3.8) is 0 Å². The number of piperazine rings is 1. The van der Waals surface area contributed by atoms with Crippen molar-refractivity contribution in [1.29, 1.82) is 0 Å².